The van der Waals surface area contributed by atoms with E-state index >= 15 is 0 Å². The lowest BCUT2D eigenvalue weighted by Gasteiger charge is -2.47. The summed E-state index contributed by atoms with van der Waals surface area (Å²) in [5, 5.41) is 60.4. The number of hydrogen-bond donors (Lipinski definition) is 10. The average Bonchev–Trinajstić information content (AvgIpc) is 2.75. The van der Waals surface area contributed by atoms with E-state index in [0.29, 0.717) is 0 Å². The van der Waals surface area contributed by atoms with Gasteiger partial charge in [-0.05, 0) is 12.8 Å². The highest BCUT2D eigenvalue weighted by Crippen LogP contribution is 2.31. The molecule has 2 heterocycles. The van der Waals surface area contributed by atoms with E-state index in [1.54, 1.807) is 0 Å². The topological polar surface area (TPSA) is 262 Å². The molecule has 3 rings (SSSR count). The SMILES string of the molecule is NCC1OC(OC2C(N)CC(N)C(OC3OC(CO)C(O)C(O)C3O)C2O)C(N)CC1O. The maximum absolute atomic E-state index is 10.9. The second-order valence-corrected chi connectivity index (χ2v) is 8.70. The third-order valence-corrected chi connectivity index (χ3v) is 6.33. The zero-order chi connectivity index (χ0) is 23.7. The van der Waals surface area contributed by atoms with Crippen LogP contribution in [0.15, 0.2) is 0 Å². The maximum atomic E-state index is 10.9. The fourth-order valence-electron chi connectivity index (χ4n) is 4.38. The van der Waals surface area contributed by atoms with Crippen molar-refractivity contribution in [3.63, 3.8) is 0 Å². The summed E-state index contributed by atoms with van der Waals surface area (Å²) in [7, 11) is 0. The fourth-order valence-corrected chi connectivity index (χ4v) is 4.38. The fraction of sp³-hybridized carbons (Fsp3) is 1.00. The lowest BCUT2D eigenvalue weighted by Crippen LogP contribution is -2.67. The van der Waals surface area contributed by atoms with Crippen LogP contribution in [0, 0.1) is 0 Å². The van der Waals surface area contributed by atoms with Crippen LogP contribution in [0.4, 0.5) is 0 Å². The Kier molecular flexibility index (Phi) is 8.79. The van der Waals surface area contributed by atoms with Gasteiger partial charge in [-0.25, -0.2) is 0 Å². The van der Waals surface area contributed by atoms with Crippen molar-refractivity contribution in [1.82, 2.24) is 0 Å². The number of aliphatic hydroxyl groups is 6. The van der Waals surface area contributed by atoms with Gasteiger partial charge in [0.1, 0.15) is 42.7 Å². The van der Waals surface area contributed by atoms with Crippen molar-refractivity contribution in [3.8, 4) is 0 Å². The summed E-state index contributed by atoms with van der Waals surface area (Å²) in [4.78, 5) is 0. The largest absolute Gasteiger partial charge is 0.394 e. The summed E-state index contributed by atoms with van der Waals surface area (Å²) < 4.78 is 22.5. The van der Waals surface area contributed by atoms with E-state index in [1.165, 1.54) is 0 Å². The lowest BCUT2D eigenvalue weighted by molar-refractivity contribution is -0.329. The van der Waals surface area contributed by atoms with Crippen molar-refractivity contribution in [3.05, 3.63) is 0 Å². The molecule has 0 spiro atoms. The third kappa shape index (κ3) is 5.24. The molecule has 3 fully saturated rings. The molecule has 1 aliphatic carbocycles. The molecule has 1 saturated carbocycles. The predicted octanol–water partition coefficient (Wildman–Crippen LogP) is -6.26. The summed E-state index contributed by atoms with van der Waals surface area (Å²) >= 11 is 0. The molecular weight excluding hydrogens is 432 g/mol. The average molecular weight is 469 g/mol. The number of hydrogen-bond acceptors (Lipinski definition) is 14. The highest BCUT2D eigenvalue weighted by Gasteiger charge is 2.50. The van der Waals surface area contributed by atoms with E-state index in [2.05, 4.69) is 0 Å². The Bertz CT molecular complexity index is 606. The van der Waals surface area contributed by atoms with Crippen LogP contribution in [0.2, 0.25) is 0 Å². The van der Waals surface area contributed by atoms with Crippen molar-refractivity contribution in [2.75, 3.05) is 13.2 Å². The quantitative estimate of drug-likeness (QED) is 0.174. The maximum Gasteiger partial charge on any atom is 0.187 e. The van der Waals surface area contributed by atoms with Gasteiger partial charge in [-0.3, -0.25) is 0 Å². The van der Waals surface area contributed by atoms with Gasteiger partial charge in [-0.1, -0.05) is 0 Å². The van der Waals surface area contributed by atoms with Gasteiger partial charge >= 0.3 is 0 Å². The van der Waals surface area contributed by atoms with Gasteiger partial charge in [0.2, 0.25) is 0 Å². The minimum Gasteiger partial charge on any atom is -0.394 e. The molecule has 0 aromatic heterocycles. The van der Waals surface area contributed by atoms with Gasteiger partial charge < -0.3 is 72.5 Å². The normalized spacial score (nSPS) is 52.7. The Morgan fingerprint density at radius 2 is 1.25 bits per heavy atom. The molecular formula is C18H36N4O10. The highest BCUT2D eigenvalue weighted by molar-refractivity contribution is 5.00. The third-order valence-electron chi connectivity index (χ3n) is 6.33. The van der Waals surface area contributed by atoms with Crippen LogP contribution < -0.4 is 22.9 Å². The number of rotatable bonds is 6. The molecule has 32 heavy (non-hydrogen) atoms. The summed E-state index contributed by atoms with van der Waals surface area (Å²) in [6.45, 7) is -0.591. The molecule has 188 valence electrons. The molecule has 0 amide bonds. The molecule has 14 unspecified atom stereocenters. The van der Waals surface area contributed by atoms with Crippen molar-refractivity contribution in [2.24, 2.45) is 22.9 Å². The molecule has 14 heteroatoms. The van der Waals surface area contributed by atoms with E-state index < -0.39 is 92.2 Å². The van der Waals surface area contributed by atoms with Gasteiger partial charge in [0.15, 0.2) is 12.6 Å². The van der Waals surface area contributed by atoms with Crippen LogP contribution in [0.3, 0.4) is 0 Å². The molecule has 2 saturated heterocycles. The molecule has 0 bridgehead atoms. The van der Waals surface area contributed by atoms with Crippen LogP contribution in [-0.4, -0.2) is 129 Å². The molecule has 14 atom stereocenters. The Morgan fingerprint density at radius 3 is 1.81 bits per heavy atom. The smallest absolute Gasteiger partial charge is 0.187 e. The number of ether oxygens (including phenoxy) is 4. The highest BCUT2D eigenvalue weighted by atomic mass is 16.7. The Morgan fingerprint density at radius 1 is 0.688 bits per heavy atom. The minimum absolute atomic E-state index is 0.0424. The zero-order valence-corrected chi connectivity index (χ0v) is 17.5. The van der Waals surface area contributed by atoms with Crippen LogP contribution in [0.1, 0.15) is 12.8 Å². The van der Waals surface area contributed by atoms with E-state index in [9.17, 15) is 30.6 Å². The molecule has 0 aromatic rings. The first-order valence-electron chi connectivity index (χ1n) is 10.7. The first-order chi connectivity index (χ1) is 15.1. The van der Waals surface area contributed by atoms with Crippen LogP contribution in [0.25, 0.3) is 0 Å². The molecule has 3 aliphatic rings. The number of nitrogens with two attached hydrogens (primary N) is 4. The molecule has 0 radical (unpaired) electrons. The first-order valence-corrected chi connectivity index (χ1v) is 10.7. The molecule has 0 aromatic carbocycles. The summed E-state index contributed by atoms with van der Waals surface area (Å²) in [5.41, 5.74) is 23.9. The van der Waals surface area contributed by atoms with Crippen molar-refractivity contribution in [1.29, 1.82) is 0 Å². The van der Waals surface area contributed by atoms with Gasteiger partial charge in [-0.2, -0.15) is 0 Å². The van der Waals surface area contributed by atoms with E-state index in [0.717, 1.165) is 0 Å². The Balaban J connectivity index is 1.70. The Labute approximate surface area is 185 Å². The molecule has 2 aliphatic heterocycles. The summed E-state index contributed by atoms with van der Waals surface area (Å²) in [6.07, 6.45) is -13.3. The Hall–Kier alpha value is -0.560. The molecule has 14 N–H and O–H groups in total. The van der Waals surface area contributed by atoms with Crippen LogP contribution >= 0.6 is 0 Å². The number of aliphatic hydroxyl groups excluding tert-OH is 6. The van der Waals surface area contributed by atoms with E-state index in [1.807, 2.05) is 0 Å². The monoisotopic (exact) mass is 468 g/mol. The standard InChI is InChI=1S/C18H36N4O10/c19-3-9-8(24)2-7(22)17(29-9)31-15-5(20)1-6(21)16(14(15)28)32-18-13(27)12(26)11(25)10(4-23)30-18/h5-18,23-28H,1-4,19-22H2. The summed E-state index contributed by atoms with van der Waals surface area (Å²) in [6, 6.07) is -2.20. The lowest BCUT2D eigenvalue weighted by atomic mass is 9.84. The van der Waals surface area contributed by atoms with Crippen LogP contribution in [0.5, 0.6) is 0 Å². The van der Waals surface area contributed by atoms with E-state index in [-0.39, 0.29) is 19.4 Å². The van der Waals surface area contributed by atoms with Crippen molar-refractivity contribution >= 4 is 0 Å². The van der Waals surface area contributed by atoms with Gasteiger partial charge in [0, 0.05) is 18.6 Å². The second kappa shape index (κ2) is 10.8. The zero-order valence-electron chi connectivity index (χ0n) is 17.5. The molecule has 14 nitrogen and oxygen atoms in total. The van der Waals surface area contributed by atoms with Gasteiger partial charge in [0.05, 0.1) is 24.9 Å². The van der Waals surface area contributed by atoms with E-state index in [4.69, 9.17) is 41.9 Å². The van der Waals surface area contributed by atoms with Gasteiger partial charge in [0.25, 0.3) is 0 Å². The van der Waals surface area contributed by atoms with Crippen molar-refractivity contribution < 1.29 is 49.6 Å². The van der Waals surface area contributed by atoms with Crippen molar-refractivity contribution in [2.45, 2.75) is 98.5 Å². The predicted molar refractivity (Wildman–Crippen MR) is 106 cm³/mol. The first kappa shape index (κ1) is 26.1. The van der Waals surface area contributed by atoms with Gasteiger partial charge in [-0.15, -0.1) is 0 Å². The second-order valence-electron chi connectivity index (χ2n) is 8.70. The minimum atomic E-state index is -1.66. The van der Waals surface area contributed by atoms with Crippen LogP contribution in [-0.2, 0) is 18.9 Å². The summed E-state index contributed by atoms with van der Waals surface area (Å²) in [5.74, 6) is 0.